The van der Waals surface area contributed by atoms with E-state index >= 15 is 0 Å². The van der Waals surface area contributed by atoms with Crippen molar-refractivity contribution in [3.63, 3.8) is 0 Å². The Morgan fingerprint density at radius 1 is 0.585 bits per heavy atom. The van der Waals surface area contributed by atoms with Gasteiger partial charge in [-0.2, -0.15) is 0 Å². The number of hydrogen-bond donors (Lipinski definition) is 0. The molecule has 6 heteroatoms. The molecule has 10 rings (SSSR count). The fourth-order valence-corrected chi connectivity index (χ4v) is 9.41. The van der Waals surface area contributed by atoms with Gasteiger partial charge in [0.05, 0.1) is 0 Å². The highest BCUT2D eigenvalue weighted by Gasteiger charge is 2.45. The van der Waals surface area contributed by atoms with Crippen molar-refractivity contribution in [3.8, 4) is 11.1 Å². The highest BCUT2D eigenvalue weighted by atomic mass is 32.2. The third-order valence-corrected chi connectivity index (χ3v) is 10.8. The number of nitrogens with zero attached hydrogens (tertiary/aromatic N) is 2. The molecule has 190 valence electrons. The maximum Gasteiger partial charge on any atom is 0.252 e. The lowest BCUT2D eigenvalue weighted by Crippen LogP contribution is -2.62. The first-order valence-electron chi connectivity index (χ1n) is 13.7. The lowest BCUT2D eigenvalue weighted by Gasteiger charge is -2.43. The molecule has 5 heterocycles. The Kier molecular flexibility index (Phi) is 4.41. The second-order valence-corrected chi connectivity index (χ2v) is 12.9. The number of hydrogen-bond acceptors (Lipinski definition) is 5. The molecule has 0 fully saturated rings. The third-order valence-electron chi connectivity index (χ3n) is 8.55. The van der Waals surface area contributed by atoms with Gasteiger partial charge in [-0.05, 0) is 100 Å². The first-order valence-corrected chi connectivity index (χ1v) is 15.4. The molecule has 3 nitrogen and oxygen atoms in total. The van der Waals surface area contributed by atoms with Crippen LogP contribution in [0, 0.1) is 0 Å². The number of rotatable bonds is 2. The molecule has 3 aliphatic heterocycles. The number of anilines is 3. The molecule has 0 aliphatic carbocycles. The molecule has 0 saturated heterocycles. The predicted octanol–water partition coefficient (Wildman–Crippen LogP) is 7.88. The molecule has 0 N–H and O–H groups in total. The Hall–Kier alpha value is -4.39. The molecule has 0 unspecified atom stereocenters. The van der Waals surface area contributed by atoms with Crippen LogP contribution in [0.1, 0.15) is 0 Å². The van der Waals surface area contributed by atoms with Gasteiger partial charge in [0.15, 0.2) is 5.58 Å². The van der Waals surface area contributed by atoms with E-state index in [1.165, 1.54) is 64.2 Å². The quantitative estimate of drug-likeness (QED) is 0.202. The molecule has 5 aromatic carbocycles. The Morgan fingerprint density at radius 2 is 1.32 bits per heavy atom. The van der Waals surface area contributed by atoms with Crippen molar-refractivity contribution in [3.05, 3.63) is 115 Å². The van der Waals surface area contributed by atoms with Crippen LogP contribution in [-0.4, -0.2) is 11.7 Å². The van der Waals surface area contributed by atoms with Crippen LogP contribution in [0.4, 0.5) is 17.1 Å². The van der Waals surface area contributed by atoms with Gasteiger partial charge in [0.2, 0.25) is 0 Å². The van der Waals surface area contributed by atoms with E-state index in [4.69, 9.17) is 4.42 Å². The predicted molar refractivity (Wildman–Crippen MR) is 171 cm³/mol. The minimum atomic E-state index is 0.235. The van der Waals surface area contributed by atoms with E-state index in [9.17, 15) is 0 Å². The number of para-hydroxylation sites is 1. The van der Waals surface area contributed by atoms with Crippen LogP contribution in [0.2, 0.25) is 0 Å². The van der Waals surface area contributed by atoms with Gasteiger partial charge in [-0.3, -0.25) is 4.98 Å². The van der Waals surface area contributed by atoms with E-state index in [1.807, 2.05) is 41.9 Å². The number of fused-ring (bicyclic) bond motifs is 3. The van der Waals surface area contributed by atoms with Crippen LogP contribution in [-0.2, 0) is 0 Å². The van der Waals surface area contributed by atoms with Crippen molar-refractivity contribution >= 4 is 85.8 Å². The fraction of sp³-hybridized carbons (Fsp3) is 0. The first kappa shape index (κ1) is 22.3. The van der Waals surface area contributed by atoms with E-state index < -0.39 is 0 Å². The fourth-order valence-electron chi connectivity index (χ4n) is 6.87. The van der Waals surface area contributed by atoms with Gasteiger partial charge in [0, 0.05) is 48.2 Å². The summed E-state index contributed by atoms with van der Waals surface area (Å²) in [5.41, 5.74) is 13.1. The van der Waals surface area contributed by atoms with Crippen molar-refractivity contribution in [2.75, 3.05) is 4.90 Å². The van der Waals surface area contributed by atoms with E-state index in [-0.39, 0.29) is 6.71 Å². The van der Waals surface area contributed by atoms with Crippen molar-refractivity contribution in [2.24, 2.45) is 0 Å². The van der Waals surface area contributed by atoms with Crippen LogP contribution >= 0.6 is 23.5 Å². The molecule has 0 atom stereocenters. The van der Waals surface area contributed by atoms with Gasteiger partial charge in [-0.25, -0.2) is 0 Å². The van der Waals surface area contributed by atoms with Gasteiger partial charge in [0.25, 0.3) is 6.71 Å². The first-order chi connectivity index (χ1) is 20.3. The minimum Gasteiger partial charge on any atom is -0.454 e. The average molecular weight is 558 g/mol. The van der Waals surface area contributed by atoms with Crippen molar-refractivity contribution < 1.29 is 4.42 Å². The van der Waals surface area contributed by atoms with E-state index in [2.05, 4.69) is 107 Å². The van der Waals surface area contributed by atoms with E-state index in [0.717, 1.165) is 22.1 Å². The number of benzene rings is 5. The van der Waals surface area contributed by atoms with E-state index in [1.54, 1.807) is 0 Å². The number of pyridine rings is 1. The van der Waals surface area contributed by atoms with Crippen LogP contribution in [0.5, 0.6) is 0 Å². The minimum absolute atomic E-state index is 0.235. The lowest BCUT2D eigenvalue weighted by atomic mass is 9.34. The zero-order valence-electron chi connectivity index (χ0n) is 21.7. The third kappa shape index (κ3) is 3.01. The molecule has 2 aromatic heterocycles. The lowest BCUT2D eigenvalue weighted by molar-refractivity contribution is 0.668. The summed E-state index contributed by atoms with van der Waals surface area (Å²) in [5.74, 6) is 0. The summed E-state index contributed by atoms with van der Waals surface area (Å²) < 4.78 is 6.06. The zero-order chi connectivity index (χ0) is 26.7. The SMILES string of the molecule is c1ccc(N2c3cccc4c3B3c5c(cc(-c6ccc7oc8cccnc8c7c6)cc5Sc5cccc2c53)S4)cc1. The summed E-state index contributed by atoms with van der Waals surface area (Å²) in [6.07, 6.45) is 1.83. The molecule has 0 radical (unpaired) electrons. The Labute approximate surface area is 245 Å². The van der Waals surface area contributed by atoms with Crippen LogP contribution < -0.4 is 21.3 Å². The summed E-state index contributed by atoms with van der Waals surface area (Å²) in [6, 6.07) is 39.6. The summed E-state index contributed by atoms with van der Waals surface area (Å²) in [6.45, 7) is 0.235. The number of furan rings is 1. The van der Waals surface area contributed by atoms with E-state index in [0.29, 0.717) is 0 Å². The summed E-state index contributed by atoms with van der Waals surface area (Å²) in [4.78, 5) is 12.5. The molecule has 41 heavy (non-hydrogen) atoms. The maximum absolute atomic E-state index is 6.06. The monoisotopic (exact) mass is 558 g/mol. The molecule has 0 spiro atoms. The van der Waals surface area contributed by atoms with Crippen LogP contribution in [0.15, 0.2) is 139 Å². The standard InChI is InChI=1S/C35H19BN2OS2/c1-2-7-22(8-3-1)38-24-9-4-12-28-32(24)36-33-25(38)10-5-13-29(33)41-31-19-21(18-30(40-28)34(31)36)20-14-15-26-23(17-20)35-27(39-26)11-6-16-37-35/h1-19H. The second-order valence-electron chi connectivity index (χ2n) is 10.7. The van der Waals surface area contributed by atoms with Crippen molar-refractivity contribution in [2.45, 2.75) is 19.6 Å². The molecular weight excluding hydrogens is 539 g/mol. The molecule has 0 amide bonds. The Morgan fingerprint density at radius 3 is 2.05 bits per heavy atom. The molecular formula is C35H19BN2OS2. The van der Waals surface area contributed by atoms with Crippen molar-refractivity contribution in [1.82, 2.24) is 4.98 Å². The molecule has 3 aliphatic rings. The van der Waals surface area contributed by atoms with Crippen LogP contribution in [0.25, 0.3) is 33.2 Å². The number of aromatic nitrogens is 1. The highest BCUT2D eigenvalue weighted by molar-refractivity contribution is 8.01. The summed E-state index contributed by atoms with van der Waals surface area (Å²) in [5, 5.41) is 1.06. The largest absolute Gasteiger partial charge is 0.454 e. The highest BCUT2D eigenvalue weighted by Crippen LogP contribution is 2.47. The second kappa shape index (κ2) is 8.09. The smallest absolute Gasteiger partial charge is 0.252 e. The maximum atomic E-state index is 6.06. The summed E-state index contributed by atoms with van der Waals surface area (Å²) in [7, 11) is 0. The van der Waals surface area contributed by atoms with Gasteiger partial charge < -0.3 is 9.32 Å². The van der Waals surface area contributed by atoms with Gasteiger partial charge in [-0.1, -0.05) is 59.9 Å². The Balaban J connectivity index is 1.20. The zero-order valence-corrected chi connectivity index (χ0v) is 23.3. The van der Waals surface area contributed by atoms with Crippen molar-refractivity contribution in [1.29, 1.82) is 0 Å². The van der Waals surface area contributed by atoms with Gasteiger partial charge in [0.1, 0.15) is 11.1 Å². The topological polar surface area (TPSA) is 29.3 Å². The van der Waals surface area contributed by atoms with Crippen LogP contribution in [0.3, 0.4) is 0 Å². The van der Waals surface area contributed by atoms with Gasteiger partial charge in [-0.15, -0.1) is 0 Å². The molecule has 0 bridgehead atoms. The summed E-state index contributed by atoms with van der Waals surface area (Å²) >= 11 is 3.82. The molecule has 7 aromatic rings. The Bertz CT molecular complexity index is 2170. The average Bonchev–Trinajstić information content (AvgIpc) is 3.39. The normalized spacial score (nSPS) is 14.0. The molecule has 0 saturated carbocycles. The van der Waals surface area contributed by atoms with Gasteiger partial charge >= 0.3 is 0 Å².